The highest BCUT2D eigenvalue weighted by molar-refractivity contribution is 5.32. The summed E-state index contributed by atoms with van der Waals surface area (Å²) in [4.78, 5) is 2.29. The number of aliphatic hydroxyl groups is 1. The molecule has 0 aliphatic carbocycles. The van der Waals surface area contributed by atoms with Crippen molar-refractivity contribution in [3.05, 3.63) is 34.9 Å². The fraction of sp³-hybridized carbons (Fsp3) is 0.600. The normalized spacial score (nSPS) is 19.5. The zero-order valence-electron chi connectivity index (χ0n) is 11.4. The molecule has 0 aromatic heterocycles. The Kier molecular flexibility index (Phi) is 4.75. The monoisotopic (exact) mass is 249 g/mol. The highest BCUT2D eigenvalue weighted by Crippen LogP contribution is 2.20. The maximum Gasteiger partial charge on any atom is 0.0919 e. The van der Waals surface area contributed by atoms with Crippen LogP contribution in [0.15, 0.2) is 18.2 Å². The van der Waals surface area contributed by atoms with Gasteiger partial charge in [-0.25, -0.2) is 0 Å². The van der Waals surface area contributed by atoms with Crippen LogP contribution in [-0.4, -0.2) is 42.9 Å². The Labute approximate surface area is 109 Å². The van der Waals surface area contributed by atoms with Gasteiger partial charge in [0.05, 0.1) is 12.7 Å². The number of benzene rings is 1. The number of hydrogen-bond donors (Lipinski definition) is 1. The van der Waals surface area contributed by atoms with E-state index in [1.54, 1.807) is 0 Å². The van der Waals surface area contributed by atoms with Gasteiger partial charge in [-0.15, -0.1) is 0 Å². The molecule has 1 aromatic carbocycles. The van der Waals surface area contributed by atoms with Crippen LogP contribution < -0.4 is 0 Å². The minimum Gasteiger partial charge on any atom is -0.387 e. The molecule has 1 heterocycles. The number of aryl methyl sites for hydroxylation is 2. The molecule has 1 N–H and O–H groups in total. The highest BCUT2D eigenvalue weighted by atomic mass is 16.5. The zero-order valence-corrected chi connectivity index (χ0v) is 11.4. The zero-order chi connectivity index (χ0) is 13.0. The standard InChI is InChI=1S/C15H23NO2/c1-12-4-5-13(2)14(10-12)15(17)11-16-6-3-8-18-9-7-16/h4-5,10,15,17H,3,6-9,11H2,1-2H3. The van der Waals surface area contributed by atoms with E-state index in [9.17, 15) is 5.11 Å². The van der Waals surface area contributed by atoms with Crippen molar-refractivity contribution in [1.82, 2.24) is 4.90 Å². The van der Waals surface area contributed by atoms with Crippen molar-refractivity contribution < 1.29 is 9.84 Å². The topological polar surface area (TPSA) is 32.7 Å². The van der Waals surface area contributed by atoms with Crippen molar-refractivity contribution in [2.24, 2.45) is 0 Å². The molecule has 1 saturated heterocycles. The second-order valence-electron chi connectivity index (χ2n) is 5.14. The van der Waals surface area contributed by atoms with E-state index in [2.05, 4.69) is 36.9 Å². The average molecular weight is 249 g/mol. The summed E-state index contributed by atoms with van der Waals surface area (Å²) in [6, 6.07) is 6.26. The maximum atomic E-state index is 10.4. The SMILES string of the molecule is Cc1ccc(C)c(C(O)CN2CCCOCC2)c1. The van der Waals surface area contributed by atoms with Crippen LogP contribution in [0.1, 0.15) is 29.2 Å². The molecule has 0 bridgehead atoms. The molecule has 18 heavy (non-hydrogen) atoms. The third-order valence-electron chi connectivity index (χ3n) is 3.54. The van der Waals surface area contributed by atoms with Gasteiger partial charge < -0.3 is 9.84 Å². The molecular weight excluding hydrogens is 226 g/mol. The molecule has 1 aliphatic rings. The predicted molar refractivity (Wildman–Crippen MR) is 72.8 cm³/mol. The van der Waals surface area contributed by atoms with E-state index < -0.39 is 6.10 Å². The Hall–Kier alpha value is -0.900. The Bertz CT molecular complexity index is 384. The summed E-state index contributed by atoms with van der Waals surface area (Å²) in [6.07, 6.45) is 0.655. The second-order valence-corrected chi connectivity index (χ2v) is 5.14. The van der Waals surface area contributed by atoms with E-state index in [0.717, 1.165) is 38.3 Å². The van der Waals surface area contributed by atoms with Gasteiger partial charge in [0.25, 0.3) is 0 Å². The molecule has 1 aliphatic heterocycles. The number of rotatable bonds is 3. The molecule has 3 nitrogen and oxygen atoms in total. The van der Waals surface area contributed by atoms with Crippen LogP contribution >= 0.6 is 0 Å². The van der Waals surface area contributed by atoms with Crippen LogP contribution in [0.5, 0.6) is 0 Å². The summed E-state index contributed by atoms with van der Waals surface area (Å²) in [7, 11) is 0. The van der Waals surface area contributed by atoms with Gasteiger partial charge in [0.2, 0.25) is 0 Å². The van der Waals surface area contributed by atoms with Gasteiger partial charge in [-0.2, -0.15) is 0 Å². The second kappa shape index (κ2) is 6.32. The van der Waals surface area contributed by atoms with E-state index in [4.69, 9.17) is 4.74 Å². The fourth-order valence-corrected chi connectivity index (χ4v) is 2.44. The molecular formula is C15H23NO2. The third kappa shape index (κ3) is 3.55. The van der Waals surface area contributed by atoms with Gasteiger partial charge in [0.1, 0.15) is 0 Å². The minimum absolute atomic E-state index is 0.400. The molecule has 0 amide bonds. The third-order valence-corrected chi connectivity index (χ3v) is 3.54. The Morgan fingerprint density at radius 1 is 1.28 bits per heavy atom. The molecule has 3 heteroatoms. The van der Waals surface area contributed by atoms with E-state index in [0.29, 0.717) is 6.54 Å². The summed E-state index contributed by atoms with van der Waals surface area (Å²) < 4.78 is 5.43. The lowest BCUT2D eigenvalue weighted by molar-refractivity contribution is 0.103. The number of nitrogens with zero attached hydrogens (tertiary/aromatic N) is 1. The van der Waals surface area contributed by atoms with Crippen molar-refractivity contribution >= 4 is 0 Å². The van der Waals surface area contributed by atoms with Crippen molar-refractivity contribution in [2.45, 2.75) is 26.4 Å². The van der Waals surface area contributed by atoms with Gasteiger partial charge in [-0.3, -0.25) is 4.90 Å². The fourth-order valence-electron chi connectivity index (χ4n) is 2.44. The van der Waals surface area contributed by atoms with Crippen molar-refractivity contribution in [1.29, 1.82) is 0 Å². The van der Waals surface area contributed by atoms with Gasteiger partial charge in [-0.1, -0.05) is 23.8 Å². The Morgan fingerprint density at radius 2 is 2.11 bits per heavy atom. The van der Waals surface area contributed by atoms with Crippen LogP contribution in [0.2, 0.25) is 0 Å². The molecule has 2 rings (SSSR count). The first-order valence-corrected chi connectivity index (χ1v) is 6.72. The number of β-amino-alcohol motifs (C(OH)–C–C–N with tert-alkyl or cyclic N) is 1. The van der Waals surface area contributed by atoms with Crippen LogP contribution in [0.4, 0.5) is 0 Å². The van der Waals surface area contributed by atoms with Gasteiger partial charge in [0.15, 0.2) is 0 Å². The quantitative estimate of drug-likeness (QED) is 0.890. The lowest BCUT2D eigenvalue weighted by Crippen LogP contribution is -2.31. The maximum absolute atomic E-state index is 10.4. The average Bonchev–Trinajstić information content (AvgIpc) is 2.61. The number of hydrogen-bond acceptors (Lipinski definition) is 3. The molecule has 1 aromatic rings. The van der Waals surface area contributed by atoms with E-state index in [1.807, 2.05) is 0 Å². The van der Waals surface area contributed by atoms with E-state index in [-0.39, 0.29) is 0 Å². The first kappa shape index (κ1) is 13.5. The van der Waals surface area contributed by atoms with E-state index >= 15 is 0 Å². The van der Waals surface area contributed by atoms with Gasteiger partial charge in [0, 0.05) is 26.2 Å². The Morgan fingerprint density at radius 3 is 2.94 bits per heavy atom. The smallest absolute Gasteiger partial charge is 0.0919 e. The van der Waals surface area contributed by atoms with Crippen LogP contribution in [-0.2, 0) is 4.74 Å². The summed E-state index contributed by atoms with van der Waals surface area (Å²) in [5.41, 5.74) is 3.42. The lowest BCUT2D eigenvalue weighted by atomic mass is 10.0. The molecule has 0 saturated carbocycles. The van der Waals surface area contributed by atoms with Crippen molar-refractivity contribution in [3.63, 3.8) is 0 Å². The first-order valence-electron chi connectivity index (χ1n) is 6.72. The number of aliphatic hydroxyl groups excluding tert-OH is 1. The van der Waals surface area contributed by atoms with Crippen LogP contribution in [0, 0.1) is 13.8 Å². The number of ether oxygens (including phenoxy) is 1. The first-order chi connectivity index (χ1) is 8.66. The largest absolute Gasteiger partial charge is 0.387 e. The van der Waals surface area contributed by atoms with Crippen LogP contribution in [0.25, 0.3) is 0 Å². The predicted octanol–water partition coefficient (Wildman–Crippen LogP) is 2.06. The summed E-state index contributed by atoms with van der Waals surface area (Å²) in [6.45, 7) is 8.38. The minimum atomic E-state index is -0.400. The summed E-state index contributed by atoms with van der Waals surface area (Å²) >= 11 is 0. The summed E-state index contributed by atoms with van der Waals surface area (Å²) in [5, 5.41) is 10.4. The van der Waals surface area contributed by atoms with Crippen LogP contribution in [0.3, 0.4) is 0 Å². The van der Waals surface area contributed by atoms with Gasteiger partial charge >= 0.3 is 0 Å². The molecule has 100 valence electrons. The summed E-state index contributed by atoms with van der Waals surface area (Å²) in [5.74, 6) is 0. The molecule has 1 fully saturated rings. The van der Waals surface area contributed by atoms with Crippen molar-refractivity contribution in [3.8, 4) is 0 Å². The van der Waals surface area contributed by atoms with Crippen molar-refractivity contribution in [2.75, 3.05) is 32.8 Å². The molecule has 0 spiro atoms. The van der Waals surface area contributed by atoms with E-state index in [1.165, 1.54) is 11.1 Å². The molecule has 1 atom stereocenters. The lowest BCUT2D eigenvalue weighted by Gasteiger charge is -2.24. The van der Waals surface area contributed by atoms with Gasteiger partial charge in [-0.05, 0) is 31.4 Å². The Balaban J connectivity index is 2.01. The molecule has 0 radical (unpaired) electrons. The highest BCUT2D eigenvalue weighted by Gasteiger charge is 2.16. The molecule has 1 unspecified atom stereocenters.